The minimum absolute atomic E-state index is 0.0579. The number of benzene rings is 1. The van der Waals surface area contributed by atoms with Gasteiger partial charge in [-0.25, -0.2) is 4.98 Å². The zero-order valence-corrected chi connectivity index (χ0v) is 13.7. The van der Waals surface area contributed by atoms with Crippen molar-refractivity contribution in [2.45, 2.75) is 19.5 Å². The Morgan fingerprint density at radius 2 is 2.25 bits per heavy atom. The van der Waals surface area contributed by atoms with Crippen molar-refractivity contribution >= 4 is 16.8 Å². The number of aromatic nitrogens is 3. The molecule has 3 aromatic rings. The van der Waals surface area contributed by atoms with Crippen LogP contribution in [-0.2, 0) is 24.2 Å². The highest BCUT2D eigenvalue weighted by Gasteiger charge is 2.26. The molecule has 1 N–H and O–H groups in total. The fourth-order valence-corrected chi connectivity index (χ4v) is 3.36. The van der Waals surface area contributed by atoms with E-state index in [4.69, 9.17) is 4.74 Å². The van der Waals surface area contributed by atoms with Gasteiger partial charge in [-0.3, -0.25) is 4.79 Å². The lowest BCUT2D eigenvalue weighted by Crippen LogP contribution is -2.37. The van der Waals surface area contributed by atoms with Crippen LogP contribution in [0, 0.1) is 0 Å². The zero-order valence-electron chi connectivity index (χ0n) is 13.7. The van der Waals surface area contributed by atoms with E-state index >= 15 is 0 Å². The molecule has 0 radical (unpaired) electrons. The fraction of sp³-hybridized carbons (Fsp3) is 0.333. The van der Waals surface area contributed by atoms with E-state index in [1.54, 1.807) is 13.4 Å². The Bertz CT molecular complexity index is 880. The Morgan fingerprint density at radius 3 is 3.12 bits per heavy atom. The normalized spacial score (nSPS) is 14.1. The molecule has 0 spiro atoms. The summed E-state index contributed by atoms with van der Waals surface area (Å²) in [6, 6.07) is 10.1. The Kier molecular flexibility index (Phi) is 3.82. The second kappa shape index (κ2) is 6.13. The maximum Gasteiger partial charge on any atom is 0.270 e. The molecule has 0 bridgehead atoms. The van der Waals surface area contributed by atoms with E-state index in [1.807, 2.05) is 35.2 Å². The number of nitrogens with one attached hydrogen (secondary N) is 1. The third-order valence-corrected chi connectivity index (χ3v) is 4.61. The van der Waals surface area contributed by atoms with Crippen molar-refractivity contribution in [3.05, 3.63) is 53.7 Å². The van der Waals surface area contributed by atoms with Gasteiger partial charge >= 0.3 is 0 Å². The molecular formula is C18H20N4O2. The minimum Gasteiger partial charge on any atom is -0.383 e. The van der Waals surface area contributed by atoms with E-state index in [1.165, 1.54) is 0 Å². The zero-order chi connectivity index (χ0) is 16.5. The summed E-state index contributed by atoms with van der Waals surface area (Å²) in [5.41, 5.74) is 3.89. The number of hydrogen-bond acceptors (Lipinski definition) is 3. The quantitative estimate of drug-likeness (QED) is 0.800. The van der Waals surface area contributed by atoms with Crippen LogP contribution in [0.5, 0.6) is 0 Å². The molecule has 6 nitrogen and oxygen atoms in total. The summed E-state index contributed by atoms with van der Waals surface area (Å²) in [6.07, 6.45) is 2.50. The summed E-state index contributed by atoms with van der Waals surface area (Å²) in [5.74, 6) is 0.0579. The number of hydrogen-bond donors (Lipinski definition) is 1. The van der Waals surface area contributed by atoms with Crippen LogP contribution in [0.2, 0.25) is 0 Å². The molecule has 1 aromatic carbocycles. The number of para-hydroxylation sites is 1. The monoisotopic (exact) mass is 324 g/mol. The number of ether oxygens (including phenoxy) is 1. The third kappa shape index (κ3) is 2.49. The Balaban J connectivity index is 1.69. The number of imidazole rings is 1. The standard InChI is InChI=1S/C18H20N4O2/c1-24-9-8-22-16-5-3-2-4-13(16)10-17(22)18(23)21-7-6-14-15(11-21)20-12-19-14/h2-5,10,12H,6-9,11H2,1H3,(H,19,20). The van der Waals surface area contributed by atoms with Crippen LogP contribution in [0.3, 0.4) is 0 Å². The van der Waals surface area contributed by atoms with Crippen LogP contribution in [-0.4, -0.2) is 45.6 Å². The van der Waals surface area contributed by atoms with E-state index < -0.39 is 0 Å². The van der Waals surface area contributed by atoms with Crippen LogP contribution >= 0.6 is 0 Å². The van der Waals surface area contributed by atoms with E-state index in [0.29, 0.717) is 26.2 Å². The molecule has 0 unspecified atom stereocenters. The maximum atomic E-state index is 13.1. The summed E-state index contributed by atoms with van der Waals surface area (Å²) in [6.45, 7) is 2.51. The summed E-state index contributed by atoms with van der Waals surface area (Å²) in [4.78, 5) is 22.4. The lowest BCUT2D eigenvalue weighted by Gasteiger charge is -2.26. The van der Waals surface area contributed by atoms with Crippen molar-refractivity contribution in [2.24, 2.45) is 0 Å². The molecule has 0 aliphatic carbocycles. The average Bonchev–Trinajstić information content (AvgIpc) is 3.23. The van der Waals surface area contributed by atoms with E-state index in [2.05, 4.69) is 14.5 Å². The molecule has 24 heavy (non-hydrogen) atoms. The van der Waals surface area contributed by atoms with Crippen molar-refractivity contribution < 1.29 is 9.53 Å². The number of carbonyl (C=O) groups excluding carboxylic acids is 1. The lowest BCUT2D eigenvalue weighted by molar-refractivity contribution is 0.0719. The summed E-state index contributed by atoms with van der Waals surface area (Å²) in [5, 5.41) is 1.08. The molecule has 1 aliphatic heterocycles. The van der Waals surface area contributed by atoms with Crippen LogP contribution < -0.4 is 0 Å². The smallest absolute Gasteiger partial charge is 0.270 e. The summed E-state index contributed by atoms with van der Waals surface area (Å²) < 4.78 is 7.28. The van der Waals surface area contributed by atoms with Crippen LogP contribution in [0.15, 0.2) is 36.7 Å². The first-order valence-corrected chi connectivity index (χ1v) is 8.15. The van der Waals surface area contributed by atoms with E-state index in [0.717, 1.165) is 34.4 Å². The largest absolute Gasteiger partial charge is 0.383 e. The topological polar surface area (TPSA) is 63.1 Å². The number of fused-ring (bicyclic) bond motifs is 2. The average molecular weight is 324 g/mol. The molecule has 0 saturated carbocycles. The molecule has 124 valence electrons. The van der Waals surface area contributed by atoms with E-state index in [-0.39, 0.29) is 5.91 Å². The third-order valence-electron chi connectivity index (χ3n) is 4.61. The molecular weight excluding hydrogens is 304 g/mol. The number of nitrogens with zero attached hydrogens (tertiary/aromatic N) is 3. The Hall–Kier alpha value is -2.60. The molecule has 0 saturated heterocycles. The second-order valence-electron chi connectivity index (χ2n) is 6.04. The van der Waals surface area contributed by atoms with Gasteiger partial charge in [0.05, 0.1) is 30.9 Å². The number of aromatic amines is 1. The predicted octanol–water partition coefficient (Wildman–Crippen LogP) is 2.21. The Morgan fingerprint density at radius 1 is 1.38 bits per heavy atom. The van der Waals surface area contributed by atoms with Gasteiger partial charge in [0.1, 0.15) is 5.69 Å². The molecule has 3 heterocycles. The van der Waals surface area contributed by atoms with Crippen LogP contribution in [0.4, 0.5) is 0 Å². The van der Waals surface area contributed by atoms with Gasteiger partial charge in [0.2, 0.25) is 0 Å². The van der Waals surface area contributed by atoms with Gasteiger partial charge in [-0.05, 0) is 12.1 Å². The maximum absolute atomic E-state index is 13.1. The molecule has 1 amide bonds. The number of methoxy groups -OCH3 is 1. The highest BCUT2D eigenvalue weighted by atomic mass is 16.5. The van der Waals surface area contributed by atoms with Crippen molar-refractivity contribution in [1.29, 1.82) is 0 Å². The first-order chi connectivity index (χ1) is 11.8. The van der Waals surface area contributed by atoms with Gasteiger partial charge in [0.15, 0.2) is 0 Å². The SMILES string of the molecule is COCCn1c(C(=O)N2CCc3nc[nH]c3C2)cc2ccccc21. The molecule has 4 rings (SSSR count). The molecule has 6 heteroatoms. The van der Waals surface area contributed by atoms with Gasteiger partial charge in [-0.15, -0.1) is 0 Å². The van der Waals surface area contributed by atoms with Gasteiger partial charge in [0, 0.05) is 37.5 Å². The first kappa shape index (κ1) is 15.0. The minimum atomic E-state index is 0.0579. The van der Waals surface area contributed by atoms with Crippen molar-refractivity contribution in [3.8, 4) is 0 Å². The van der Waals surface area contributed by atoms with Crippen molar-refractivity contribution in [3.63, 3.8) is 0 Å². The number of amides is 1. The van der Waals surface area contributed by atoms with Crippen molar-refractivity contribution in [2.75, 3.05) is 20.3 Å². The van der Waals surface area contributed by atoms with Gasteiger partial charge < -0.3 is 19.2 Å². The van der Waals surface area contributed by atoms with Gasteiger partial charge in [-0.2, -0.15) is 0 Å². The van der Waals surface area contributed by atoms with Crippen LogP contribution in [0.25, 0.3) is 10.9 Å². The number of H-pyrrole nitrogens is 1. The highest BCUT2D eigenvalue weighted by Crippen LogP contribution is 2.23. The van der Waals surface area contributed by atoms with Gasteiger partial charge in [0.25, 0.3) is 5.91 Å². The van der Waals surface area contributed by atoms with E-state index in [9.17, 15) is 4.79 Å². The van der Waals surface area contributed by atoms with Crippen molar-refractivity contribution in [1.82, 2.24) is 19.4 Å². The van der Waals surface area contributed by atoms with Crippen LogP contribution in [0.1, 0.15) is 21.9 Å². The molecule has 0 fully saturated rings. The van der Waals surface area contributed by atoms with Gasteiger partial charge in [-0.1, -0.05) is 18.2 Å². The highest BCUT2D eigenvalue weighted by molar-refractivity contribution is 5.98. The lowest BCUT2D eigenvalue weighted by atomic mass is 10.1. The summed E-state index contributed by atoms with van der Waals surface area (Å²) in [7, 11) is 1.68. The number of rotatable bonds is 4. The Labute approximate surface area is 140 Å². The summed E-state index contributed by atoms with van der Waals surface area (Å²) >= 11 is 0. The molecule has 1 aliphatic rings. The second-order valence-corrected chi connectivity index (χ2v) is 6.04. The fourth-order valence-electron chi connectivity index (χ4n) is 3.36. The first-order valence-electron chi connectivity index (χ1n) is 8.15. The predicted molar refractivity (Wildman–Crippen MR) is 90.8 cm³/mol. The molecule has 0 atom stereocenters. The number of carbonyl (C=O) groups is 1. The molecule has 2 aromatic heterocycles.